The van der Waals surface area contributed by atoms with Crippen LogP contribution in [-0.4, -0.2) is 34.5 Å². The average molecular weight is 352 g/mol. The van der Waals surface area contributed by atoms with Crippen molar-refractivity contribution >= 4 is 16.6 Å². The van der Waals surface area contributed by atoms with Gasteiger partial charge in [0.05, 0.1) is 5.69 Å². The second-order valence-electron chi connectivity index (χ2n) is 6.61. The second-order valence-corrected chi connectivity index (χ2v) is 6.61. The Morgan fingerprint density at radius 2 is 1.92 bits per heavy atom. The Bertz CT molecular complexity index is 981. The summed E-state index contributed by atoms with van der Waals surface area (Å²) in [5, 5.41) is -0.556. The monoisotopic (exact) mass is 352 g/mol. The van der Waals surface area contributed by atoms with Crippen molar-refractivity contribution in [1.29, 1.82) is 0 Å². The fourth-order valence-corrected chi connectivity index (χ4v) is 3.17. The van der Waals surface area contributed by atoms with Crippen molar-refractivity contribution in [1.82, 2.24) is 9.35 Å². The summed E-state index contributed by atoms with van der Waals surface area (Å²) in [5.74, 6) is 3.69. The van der Waals surface area contributed by atoms with Crippen molar-refractivity contribution in [3.63, 3.8) is 0 Å². The molecular formula is C15H18F2N6O2. The molecule has 1 saturated heterocycles. The Balaban J connectivity index is 2.03. The minimum atomic E-state index is -1.07. The smallest absolute Gasteiger partial charge is 0.367 e. The number of benzene rings is 1. The summed E-state index contributed by atoms with van der Waals surface area (Å²) in [6.07, 6.45) is 2.24. The number of rotatable bonds is 3. The Labute approximate surface area is 140 Å². The molecule has 1 aliphatic carbocycles. The molecule has 134 valence electrons. The van der Waals surface area contributed by atoms with Crippen molar-refractivity contribution in [3.05, 3.63) is 38.5 Å². The Morgan fingerprint density at radius 3 is 2.52 bits per heavy atom. The topological polar surface area (TPSA) is 111 Å². The van der Waals surface area contributed by atoms with Crippen LogP contribution in [0.2, 0.25) is 0 Å². The van der Waals surface area contributed by atoms with Crippen LogP contribution in [-0.2, 0) is 0 Å². The number of aromatic nitrogens is 2. The van der Waals surface area contributed by atoms with E-state index in [2.05, 4.69) is 5.43 Å². The van der Waals surface area contributed by atoms with E-state index in [1.54, 1.807) is 4.90 Å². The lowest BCUT2D eigenvalue weighted by atomic mass is 10.2. The number of hydrogen-bond donors (Lipinski definition) is 3. The predicted octanol–water partition coefficient (Wildman–Crippen LogP) is -0.601. The second kappa shape index (κ2) is 5.45. The van der Waals surface area contributed by atoms with Crippen LogP contribution in [0.3, 0.4) is 0 Å². The molecule has 25 heavy (non-hydrogen) atoms. The van der Waals surface area contributed by atoms with E-state index in [0.717, 1.165) is 23.6 Å². The molecule has 2 fully saturated rings. The van der Waals surface area contributed by atoms with Gasteiger partial charge in [0.2, 0.25) is 0 Å². The zero-order valence-electron chi connectivity index (χ0n) is 13.3. The van der Waals surface area contributed by atoms with Crippen LogP contribution in [0.5, 0.6) is 0 Å². The molecule has 1 aromatic carbocycles. The highest BCUT2D eigenvalue weighted by atomic mass is 19.1. The number of nitrogens with one attached hydrogen (secondary N) is 1. The van der Waals surface area contributed by atoms with Crippen LogP contribution in [0, 0.1) is 11.6 Å². The van der Waals surface area contributed by atoms with Crippen molar-refractivity contribution in [2.45, 2.75) is 31.3 Å². The molecule has 2 aliphatic rings. The van der Waals surface area contributed by atoms with Crippen LogP contribution in [0.1, 0.15) is 19.3 Å². The van der Waals surface area contributed by atoms with Crippen molar-refractivity contribution in [2.24, 2.45) is 5.73 Å². The number of halogens is 2. The van der Waals surface area contributed by atoms with Gasteiger partial charge in [0.1, 0.15) is 16.7 Å². The maximum atomic E-state index is 15.2. The lowest BCUT2D eigenvalue weighted by Crippen LogP contribution is -2.48. The molecule has 1 aliphatic heterocycles. The van der Waals surface area contributed by atoms with E-state index < -0.39 is 33.8 Å². The molecule has 0 spiro atoms. The molecule has 1 unspecified atom stereocenters. The predicted molar refractivity (Wildman–Crippen MR) is 89.7 cm³/mol. The summed E-state index contributed by atoms with van der Waals surface area (Å²) in [6, 6.07) is 0.787. The first kappa shape index (κ1) is 15.9. The van der Waals surface area contributed by atoms with E-state index in [1.165, 1.54) is 0 Å². The maximum Gasteiger partial charge on any atom is 0.368 e. The number of fused-ring (bicyclic) bond motifs is 1. The molecule has 1 atom stereocenters. The first-order valence-corrected chi connectivity index (χ1v) is 8.10. The van der Waals surface area contributed by atoms with Gasteiger partial charge < -0.3 is 21.9 Å². The van der Waals surface area contributed by atoms with Crippen LogP contribution < -0.4 is 33.2 Å². The molecule has 0 radical (unpaired) electrons. The lowest BCUT2D eigenvalue weighted by molar-refractivity contribution is 0.596. The molecule has 1 saturated carbocycles. The Morgan fingerprint density at radius 1 is 1.20 bits per heavy atom. The number of nitrogen functional groups attached to an aromatic ring is 1. The standard InChI is InChI=1S/C15H18F2N6O2/c16-9-5-10(21-4-3-7(18)6-21)12(17)13-11(9)14(24)22(19)15(25)23(13)20-8-1-2-8/h5,7-8,20H,1-4,6,18-19H2. The Kier molecular flexibility index (Phi) is 3.46. The molecule has 8 nitrogen and oxygen atoms in total. The lowest BCUT2D eigenvalue weighted by Gasteiger charge is -2.21. The van der Waals surface area contributed by atoms with Crippen molar-refractivity contribution < 1.29 is 8.78 Å². The van der Waals surface area contributed by atoms with Gasteiger partial charge >= 0.3 is 5.69 Å². The zero-order chi connectivity index (χ0) is 17.9. The number of nitrogens with two attached hydrogens (primary N) is 2. The first-order chi connectivity index (χ1) is 11.9. The third-order valence-corrected chi connectivity index (χ3v) is 4.68. The van der Waals surface area contributed by atoms with Crippen LogP contribution in [0.4, 0.5) is 14.5 Å². The average Bonchev–Trinajstić information content (AvgIpc) is 3.30. The van der Waals surface area contributed by atoms with Gasteiger partial charge in [-0.25, -0.2) is 18.3 Å². The van der Waals surface area contributed by atoms with Gasteiger partial charge in [0, 0.05) is 31.2 Å². The van der Waals surface area contributed by atoms with Crippen molar-refractivity contribution in [3.8, 4) is 0 Å². The molecule has 2 heterocycles. The van der Waals surface area contributed by atoms with Gasteiger partial charge in [-0.2, -0.15) is 4.68 Å². The summed E-state index contributed by atoms with van der Waals surface area (Å²) in [5.41, 5.74) is 6.19. The number of hydrogen-bond acceptors (Lipinski definition) is 6. The first-order valence-electron chi connectivity index (χ1n) is 8.10. The van der Waals surface area contributed by atoms with Crippen LogP contribution >= 0.6 is 0 Å². The normalized spacial score (nSPS) is 20.4. The fraction of sp³-hybridized carbons (Fsp3) is 0.467. The molecular weight excluding hydrogens is 334 g/mol. The van der Waals surface area contributed by atoms with Gasteiger partial charge in [-0.05, 0) is 19.3 Å². The molecule has 10 heteroatoms. The van der Waals surface area contributed by atoms with Crippen LogP contribution in [0.25, 0.3) is 10.9 Å². The summed E-state index contributed by atoms with van der Waals surface area (Å²) in [6.45, 7) is 0.841. The van der Waals surface area contributed by atoms with E-state index >= 15 is 4.39 Å². The quantitative estimate of drug-likeness (QED) is 0.636. The van der Waals surface area contributed by atoms with Gasteiger partial charge in [0.15, 0.2) is 5.82 Å². The molecule has 0 amide bonds. The highest BCUT2D eigenvalue weighted by Crippen LogP contribution is 2.30. The van der Waals surface area contributed by atoms with Gasteiger partial charge in [-0.15, -0.1) is 0 Å². The molecule has 4 rings (SSSR count). The summed E-state index contributed by atoms with van der Waals surface area (Å²) in [7, 11) is 0. The molecule has 2 aromatic rings. The van der Waals surface area contributed by atoms with E-state index in [1.807, 2.05) is 0 Å². The van der Waals surface area contributed by atoms with Crippen molar-refractivity contribution in [2.75, 3.05) is 29.3 Å². The summed E-state index contributed by atoms with van der Waals surface area (Å²) in [4.78, 5) is 26.2. The van der Waals surface area contributed by atoms with E-state index in [0.29, 0.717) is 19.5 Å². The van der Waals surface area contributed by atoms with Gasteiger partial charge in [0.25, 0.3) is 5.56 Å². The molecule has 5 N–H and O–H groups in total. The minimum absolute atomic E-state index is 0.0159. The Hall–Kier alpha value is -2.62. The highest BCUT2D eigenvalue weighted by molar-refractivity contribution is 5.84. The molecule has 0 bridgehead atoms. The highest BCUT2D eigenvalue weighted by Gasteiger charge is 2.29. The zero-order valence-corrected chi connectivity index (χ0v) is 13.3. The van der Waals surface area contributed by atoms with Crippen LogP contribution in [0.15, 0.2) is 15.7 Å². The summed E-state index contributed by atoms with van der Waals surface area (Å²) < 4.78 is 31.0. The largest absolute Gasteiger partial charge is 0.368 e. The van der Waals surface area contributed by atoms with Gasteiger partial charge in [-0.1, -0.05) is 0 Å². The SMILES string of the molecule is NC1CCN(c2cc(F)c3c(=O)n(N)c(=O)n(NC4CC4)c3c2F)C1. The summed E-state index contributed by atoms with van der Waals surface area (Å²) >= 11 is 0. The van der Waals surface area contributed by atoms with Gasteiger partial charge in [-0.3, -0.25) is 4.79 Å². The minimum Gasteiger partial charge on any atom is -0.367 e. The van der Waals surface area contributed by atoms with E-state index in [9.17, 15) is 14.0 Å². The third-order valence-electron chi connectivity index (χ3n) is 4.68. The number of anilines is 1. The molecule has 1 aromatic heterocycles. The maximum absolute atomic E-state index is 15.2. The fourth-order valence-electron chi connectivity index (χ4n) is 3.17. The number of nitrogens with zero attached hydrogens (tertiary/aromatic N) is 3. The van der Waals surface area contributed by atoms with E-state index in [-0.39, 0.29) is 22.4 Å². The van der Waals surface area contributed by atoms with E-state index in [4.69, 9.17) is 11.6 Å². The third kappa shape index (κ3) is 2.44.